The Balaban J connectivity index is 2.00. The second-order valence-corrected chi connectivity index (χ2v) is 8.04. The molecule has 0 radical (unpaired) electrons. The molecule has 7 heteroatoms. The Bertz CT molecular complexity index is 853. The second-order valence-electron chi connectivity index (χ2n) is 8.04. The summed E-state index contributed by atoms with van der Waals surface area (Å²) < 4.78 is 7.74. The van der Waals surface area contributed by atoms with Crippen LogP contribution >= 0.6 is 0 Å². The van der Waals surface area contributed by atoms with Gasteiger partial charge in [0.15, 0.2) is 5.69 Å². The molecular weight excluding hydrogens is 356 g/mol. The molecule has 7 nitrogen and oxygen atoms in total. The van der Waals surface area contributed by atoms with Gasteiger partial charge < -0.3 is 19.9 Å². The minimum atomic E-state index is -0.672. The summed E-state index contributed by atoms with van der Waals surface area (Å²) in [7, 11) is 1.57. The predicted octanol–water partition coefficient (Wildman–Crippen LogP) is 2.36. The average molecular weight is 384 g/mol. The van der Waals surface area contributed by atoms with Crippen LogP contribution in [0.25, 0.3) is 11.4 Å². The molecule has 0 saturated heterocycles. The minimum absolute atomic E-state index is 0.231. The Kier molecular flexibility index (Phi) is 5.84. The summed E-state index contributed by atoms with van der Waals surface area (Å²) in [4.78, 5) is 30.1. The third-order valence-corrected chi connectivity index (χ3v) is 4.88. The molecule has 1 aliphatic heterocycles. The molecule has 2 N–H and O–H groups in total. The van der Waals surface area contributed by atoms with E-state index in [1.54, 1.807) is 7.05 Å². The fourth-order valence-corrected chi connectivity index (χ4v) is 3.38. The van der Waals surface area contributed by atoms with Gasteiger partial charge in [0, 0.05) is 25.8 Å². The number of rotatable bonds is 4. The molecule has 0 bridgehead atoms. The third-order valence-electron chi connectivity index (χ3n) is 4.88. The highest BCUT2D eigenvalue weighted by molar-refractivity contribution is 5.97. The number of ether oxygens (including phenoxy) is 1. The monoisotopic (exact) mass is 384 g/mol. The molecule has 2 heterocycles. The van der Waals surface area contributed by atoms with Crippen molar-refractivity contribution in [2.75, 3.05) is 13.7 Å². The Morgan fingerprint density at radius 1 is 1.21 bits per heavy atom. The van der Waals surface area contributed by atoms with Crippen LogP contribution in [0, 0.1) is 5.41 Å². The van der Waals surface area contributed by atoms with Crippen molar-refractivity contribution in [3.63, 3.8) is 0 Å². The molecule has 1 atom stereocenters. The van der Waals surface area contributed by atoms with Crippen LogP contribution < -0.4 is 10.6 Å². The van der Waals surface area contributed by atoms with Crippen LogP contribution in [0.1, 0.15) is 43.4 Å². The van der Waals surface area contributed by atoms with Gasteiger partial charge in [0.2, 0.25) is 5.91 Å². The lowest BCUT2D eigenvalue weighted by molar-refractivity contribution is -0.124. The SMILES string of the molecule is CNC(=O)[C@@H](NC(=O)c1nc(-c2ccccc2)n2c1COCCC2)C(C)(C)C. The van der Waals surface area contributed by atoms with Gasteiger partial charge in [0.05, 0.1) is 12.3 Å². The van der Waals surface area contributed by atoms with Crippen molar-refractivity contribution >= 4 is 11.8 Å². The van der Waals surface area contributed by atoms with Gasteiger partial charge in [-0.1, -0.05) is 51.1 Å². The average Bonchev–Trinajstić information content (AvgIpc) is 2.86. The first kappa shape index (κ1) is 20.1. The Labute approximate surface area is 165 Å². The summed E-state index contributed by atoms with van der Waals surface area (Å²) in [6, 6.07) is 9.13. The van der Waals surface area contributed by atoms with E-state index in [9.17, 15) is 9.59 Å². The predicted molar refractivity (Wildman–Crippen MR) is 107 cm³/mol. The lowest BCUT2D eigenvalue weighted by Crippen LogP contribution is -2.53. The molecule has 1 aromatic heterocycles. The van der Waals surface area contributed by atoms with Gasteiger partial charge in [0.25, 0.3) is 5.91 Å². The van der Waals surface area contributed by atoms with E-state index in [2.05, 4.69) is 20.2 Å². The van der Waals surface area contributed by atoms with Crippen LogP contribution in [0.3, 0.4) is 0 Å². The van der Waals surface area contributed by atoms with Crippen molar-refractivity contribution < 1.29 is 14.3 Å². The van der Waals surface area contributed by atoms with Crippen LogP contribution in [-0.4, -0.2) is 41.1 Å². The van der Waals surface area contributed by atoms with Crippen molar-refractivity contribution in [2.45, 2.75) is 46.4 Å². The van der Waals surface area contributed by atoms with Crippen molar-refractivity contribution in [3.05, 3.63) is 41.7 Å². The molecule has 2 amide bonds. The molecule has 28 heavy (non-hydrogen) atoms. The number of nitrogens with one attached hydrogen (secondary N) is 2. The molecule has 0 fully saturated rings. The van der Waals surface area contributed by atoms with Gasteiger partial charge in [-0.25, -0.2) is 4.98 Å². The number of likely N-dealkylation sites (N-methyl/N-ethyl adjacent to an activating group) is 1. The van der Waals surface area contributed by atoms with Crippen molar-refractivity contribution in [3.8, 4) is 11.4 Å². The largest absolute Gasteiger partial charge is 0.375 e. The third kappa shape index (κ3) is 4.09. The number of carbonyl (C=O) groups excluding carboxylic acids is 2. The highest BCUT2D eigenvalue weighted by Gasteiger charge is 2.34. The van der Waals surface area contributed by atoms with Crippen LogP contribution in [-0.2, 0) is 22.7 Å². The van der Waals surface area contributed by atoms with Crippen molar-refractivity contribution in [1.29, 1.82) is 0 Å². The zero-order valence-electron chi connectivity index (χ0n) is 16.9. The van der Waals surface area contributed by atoms with E-state index in [1.165, 1.54) is 0 Å². The quantitative estimate of drug-likeness (QED) is 0.847. The van der Waals surface area contributed by atoms with Gasteiger partial charge in [-0.05, 0) is 11.8 Å². The van der Waals surface area contributed by atoms with Crippen molar-refractivity contribution in [2.24, 2.45) is 5.41 Å². The maximum absolute atomic E-state index is 13.1. The summed E-state index contributed by atoms with van der Waals surface area (Å²) in [5.41, 5.74) is 1.58. The first-order valence-corrected chi connectivity index (χ1v) is 9.58. The summed E-state index contributed by atoms with van der Waals surface area (Å²) in [5.74, 6) is 0.157. The van der Waals surface area contributed by atoms with E-state index in [4.69, 9.17) is 4.74 Å². The highest BCUT2D eigenvalue weighted by atomic mass is 16.5. The molecule has 0 spiro atoms. The molecule has 150 valence electrons. The van der Waals surface area contributed by atoms with Crippen LogP contribution in [0.5, 0.6) is 0 Å². The molecule has 0 unspecified atom stereocenters. The molecular formula is C21H28N4O3. The number of imidazole rings is 1. The van der Waals surface area contributed by atoms with Crippen LogP contribution in [0.2, 0.25) is 0 Å². The number of fused-ring (bicyclic) bond motifs is 1. The smallest absolute Gasteiger partial charge is 0.272 e. The number of hydrogen-bond donors (Lipinski definition) is 2. The summed E-state index contributed by atoms with van der Waals surface area (Å²) in [6.45, 7) is 7.44. The first-order chi connectivity index (χ1) is 13.3. The fourth-order valence-electron chi connectivity index (χ4n) is 3.38. The summed E-state index contributed by atoms with van der Waals surface area (Å²) in [6.07, 6.45) is 0.854. The number of hydrogen-bond acceptors (Lipinski definition) is 4. The number of nitrogens with zero attached hydrogens (tertiary/aromatic N) is 2. The lowest BCUT2D eigenvalue weighted by Gasteiger charge is -2.29. The number of benzene rings is 1. The fraction of sp³-hybridized carbons (Fsp3) is 0.476. The molecule has 1 aliphatic rings. The maximum atomic E-state index is 13.1. The van der Waals surface area contributed by atoms with Crippen molar-refractivity contribution in [1.82, 2.24) is 20.2 Å². The molecule has 0 saturated carbocycles. The van der Waals surface area contributed by atoms with Crippen LogP contribution in [0.4, 0.5) is 0 Å². The van der Waals surface area contributed by atoms with Gasteiger partial charge in [-0.15, -0.1) is 0 Å². The number of carbonyl (C=O) groups is 2. The van der Waals surface area contributed by atoms with Gasteiger partial charge in [-0.3, -0.25) is 9.59 Å². The zero-order valence-corrected chi connectivity index (χ0v) is 16.9. The normalized spacial score (nSPS) is 15.3. The van der Waals surface area contributed by atoms with E-state index in [0.29, 0.717) is 18.9 Å². The first-order valence-electron chi connectivity index (χ1n) is 9.58. The van der Waals surface area contributed by atoms with E-state index < -0.39 is 11.5 Å². The Morgan fingerprint density at radius 2 is 1.93 bits per heavy atom. The van der Waals surface area contributed by atoms with E-state index in [-0.39, 0.29) is 11.8 Å². The summed E-state index contributed by atoms with van der Waals surface area (Å²) >= 11 is 0. The highest BCUT2D eigenvalue weighted by Crippen LogP contribution is 2.26. The van der Waals surface area contributed by atoms with Gasteiger partial charge >= 0.3 is 0 Å². The van der Waals surface area contributed by atoms with Crippen LogP contribution in [0.15, 0.2) is 30.3 Å². The lowest BCUT2D eigenvalue weighted by atomic mass is 9.86. The molecule has 0 aliphatic carbocycles. The van der Waals surface area contributed by atoms with Gasteiger partial charge in [0.1, 0.15) is 11.9 Å². The second kappa shape index (κ2) is 8.14. The standard InChI is InChI=1S/C21H28N4O3/c1-21(2,3)17(20(27)22-4)24-19(26)16-15-13-28-12-8-11-25(15)18(23-16)14-9-6-5-7-10-14/h5-7,9-10,17H,8,11-13H2,1-4H3,(H,22,27)(H,24,26)/t17-/m1/s1. The van der Waals surface area contributed by atoms with E-state index >= 15 is 0 Å². The Morgan fingerprint density at radius 3 is 2.57 bits per heavy atom. The summed E-state index contributed by atoms with van der Waals surface area (Å²) in [5, 5.41) is 5.50. The Hall–Kier alpha value is -2.67. The minimum Gasteiger partial charge on any atom is -0.375 e. The maximum Gasteiger partial charge on any atom is 0.272 e. The molecule has 3 rings (SSSR count). The number of amides is 2. The van der Waals surface area contributed by atoms with E-state index in [0.717, 1.165) is 30.0 Å². The van der Waals surface area contributed by atoms with Gasteiger partial charge in [-0.2, -0.15) is 0 Å². The molecule has 1 aromatic carbocycles. The topological polar surface area (TPSA) is 85.3 Å². The number of aromatic nitrogens is 2. The zero-order chi connectivity index (χ0) is 20.3. The van der Waals surface area contributed by atoms with E-state index in [1.807, 2.05) is 51.1 Å². The molecule has 2 aromatic rings.